The summed E-state index contributed by atoms with van der Waals surface area (Å²) in [6, 6.07) is 4.98. The molecule has 0 aliphatic heterocycles. The number of aromatic nitrogens is 4. The van der Waals surface area contributed by atoms with Gasteiger partial charge in [0.1, 0.15) is 27.1 Å². The third-order valence-corrected chi connectivity index (χ3v) is 5.31. The number of benzene rings is 1. The molecule has 0 unspecified atom stereocenters. The molecule has 9 nitrogen and oxygen atoms in total. The maximum absolute atomic E-state index is 12.8. The third kappa shape index (κ3) is 3.27. The molecule has 0 saturated heterocycles. The molecule has 0 atom stereocenters. The van der Waals surface area contributed by atoms with Gasteiger partial charge in [-0.15, -0.1) is 0 Å². The molecule has 0 saturated carbocycles. The molecule has 0 aliphatic rings. The number of carbonyl (C=O) groups excluding carboxylic acids is 2. The number of rotatable bonds is 4. The molecule has 3 aromatic heterocycles. The molecule has 3 heterocycles. The van der Waals surface area contributed by atoms with Crippen molar-refractivity contribution < 1.29 is 14.3 Å². The lowest BCUT2D eigenvalue weighted by Gasteiger charge is -2.09. The van der Waals surface area contributed by atoms with Gasteiger partial charge in [0.15, 0.2) is 10.9 Å². The molecule has 2 N–H and O–H groups in total. The zero-order valence-electron chi connectivity index (χ0n) is 16.2. The molecule has 0 fully saturated rings. The number of fused-ring (bicyclic) bond motifs is 3. The van der Waals surface area contributed by atoms with Gasteiger partial charge in [-0.2, -0.15) is 0 Å². The average molecular weight is 410 g/mol. The van der Waals surface area contributed by atoms with Gasteiger partial charge in [0.2, 0.25) is 0 Å². The van der Waals surface area contributed by atoms with Gasteiger partial charge in [0.25, 0.3) is 5.91 Å². The Bertz CT molecular complexity index is 1280. The molecule has 1 aromatic carbocycles. The summed E-state index contributed by atoms with van der Waals surface area (Å²) in [5, 5.41) is 6.29. The van der Waals surface area contributed by atoms with Crippen LogP contribution in [0.15, 0.2) is 24.5 Å². The van der Waals surface area contributed by atoms with Crippen molar-refractivity contribution in [1.82, 2.24) is 19.5 Å². The number of thiazole rings is 1. The van der Waals surface area contributed by atoms with Crippen molar-refractivity contribution >= 4 is 55.5 Å². The van der Waals surface area contributed by atoms with Crippen molar-refractivity contribution in [2.24, 2.45) is 7.05 Å². The van der Waals surface area contributed by atoms with Gasteiger partial charge < -0.3 is 14.6 Å². The van der Waals surface area contributed by atoms with Gasteiger partial charge >= 0.3 is 5.97 Å². The Morgan fingerprint density at radius 2 is 2.00 bits per heavy atom. The lowest BCUT2D eigenvalue weighted by molar-refractivity contribution is -0.131. The maximum Gasteiger partial charge on any atom is 0.308 e. The molecule has 10 heteroatoms. The fourth-order valence-electron chi connectivity index (χ4n) is 3.10. The second-order valence-corrected chi connectivity index (χ2v) is 7.39. The van der Waals surface area contributed by atoms with Crippen molar-refractivity contribution in [3.8, 4) is 5.75 Å². The summed E-state index contributed by atoms with van der Waals surface area (Å²) in [5.41, 5.74) is 3.20. The lowest BCUT2D eigenvalue weighted by atomic mass is 10.1. The van der Waals surface area contributed by atoms with Crippen molar-refractivity contribution in [3.05, 3.63) is 35.7 Å². The Morgan fingerprint density at radius 3 is 2.72 bits per heavy atom. The normalized spacial score (nSPS) is 11.0. The first kappa shape index (κ1) is 18.8. The zero-order chi connectivity index (χ0) is 20.7. The van der Waals surface area contributed by atoms with E-state index in [1.54, 1.807) is 38.5 Å². The van der Waals surface area contributed by atoms with Crippen molar-refractivity contribution in [1.29, 1.82) is 0 Å². The number of amides is 1. The van der Waals surface area contributed by atoms with Gasteiger partial charge in [-0.1, -0.05) is 17.4 Å². The highest BCUT2D eigenvalue weighted by atomic mass is 32.1. The average Bonchev–Trinajstić information content (AvgIpc) is 3.25. The van der Waals surface area contributed by atoms with Crippen LogP contribution in [0.25, 0.3) is 21.4 Å². The number of aryl methyl sites for hydroxylation is 1. The highest BCUT2D eigenvalue weighted by Crippen LogP contribution is 2.33. The second-order valence-electron chi connectivity index (χ2n) is 6.41. The van der Waals surface area contributed by atoms with E-state index in [0.717, 1.165) is 11.0 Å². The van der Waals surface area contributed by atoms with Crippen molar-refractivity contribution in [2.45, 2.75) is 13.8 Å². The summed E-state index contributed by atoms with van der Waals surface area (Å²) < 4.78 is 7.03. The highest BCUT2D eigenvalue weighted by Gasteiger charge is 2.19. The van der Waals surface area contributed by atoms with Crippen LogP contribution in [-0.4, -0.2) is 38.4 Å². The zero-order valence-corrected chi connectivity index (χ0v) is 17.0. The number of nitrogens with one attached hydrogen (secondary N) is 2. The van der Waals surface area contributed by atoms with Gasteiger partial charge in [0, 0.05) is 32.1 Å². The first-order valence-electron chi connectivity index (χ1n) is 8.77. The highest BCUT2D eigenvalue weighted by molar-refractivity contribution is 7.22. The summed E-state index contributed by atoms with van der Waals surface area (Å²) in [6.07, 6.45) is 1.70. The van der Waals surface area contributed by atoms with Crippen LogP contribution in [0.1, 0.15) is 22.8 Å². The molecule has 29 heavy (non-hydrogen) atoms. The summed E-state index contributed by atoms with van der Waals surface area (Å²) in [7, 11) is 3.67. The van der Waals surface area contributed by atoms with E-state index in [4.69, 9.17) is 4.74 Å². The smallest absolute Gasteiger partial charge is 0.308 e. The van der Waals surface area contributed by atoms with E-state index < -0.39 is 5.97 Å². The predicted octanol–water partition coefficient (Wildman–Crippen LogP) is 3.11. The third-order valence-electron chi connectivity index (χ3n) is 4.45. The molecule has 0 spiro atoms. The number of nitrogens with zero attached hydrogens (tertiary/aromatic N) is 4. The number of pyridine rings is 1. The summed E-state index contributed by atoms with van der Waals surface area (Å²) in [6.45, 7) is 3.05. The van der Waals surface area contributed by atoms with E-state index in [-0.39, 0.29) is 5.91 Å². The first-order valence-corrected chi connectivity index (χ1v) is 9.59. The Labute approximate surface area is 169 Å². The molecule has 0 radical (unpaired) electrons. The monoisotopic (exact) mass is 410 g/mol. The Hall–Kier alpha value is -3.53. The summed E-state index contributed by atoms with van der Waals surface area (Å²) in [5.74, 6) is 0.222. The van der Waals surface area contributed by atoms with Crippen LogP contribution in [0.5, 0.6) is 5.75 Å². The predicted molar refractivity (Wildman–Crippen MR) is 112 cm³/mol. The van der Waals surface area contributed by atoms with Gasteiger partial charge in [-0.3, -0.25) is 14.9 Å². The van der Waals surface area contributed by atoms with Gasteiger partial charge in [-0.25, -0.2) is 15.0 Å². The standard InChI is InChI=1S/C19H18N6O3S/c1-9-11(6-5-7-12(9)28-10(2)26)17(27)24-19-22-14-15-13(21-8-25(15)4)16(20-3)23-18(14)29-19/h5-8H,1-4H3,(H,20,23)(H,22,24,27). The van der Waals surface area contributed by atoms with Crippen LogP contribution in [0.4, 0.5) is 10.9 Å². The Kier molecular flexibility index (Phi) is 4.63. The van der Waals surface area contributed by atoms with Crippen molar-refractivity contribution in [3.63, 3.8) is 0 Å². The second kappa shape index (κ2) is 7.13. The fraction of sp³-hybridized carbons (Fsp3) is 0.211. The van der Waals surface area contributed by atoms with Crippen LogP contribution >= 0.6 is 11.3 Å². The molecule has 148 valence electrons. The summed E-state index contributed by atoms with van der Waals surface area (Å²) in [4.78, 5) is 38.3. The molecule has 4 rings (SSSR count). The first-order chi connectivity index (χ1) is 13.9. The fourth-order valence-corrected chi connectivity index (χ4v) is 3.94. The Morgan fingerprint density at radius 1 is 1.21 bits per heavy atom. The number of hydrogen-bond acceptors (Lipinski definition) is 8. The molecule has 1 amide bonds. The van der Waals surface area contributed by atoms with Gasteiger partial charge in [-0.05, 0) is 19.1 Å². The lowest BCUT2D eigenvalue weighted by Crippen LogP contribution is -2.14. The number of esters is 1. The van der Waals surface area contributed by atoms with Crippen LogP contribution in [0.3, 0.4) is 0 Å². The molecular weight excluding hydrogens is 392 g/mol. The minimum Gasteiger partial charge on any atom is -0.426 e. The number of hydrogen-bond donors (Lipinski definition) is 2. The number of imidazole rings is 1. The van der Waals surface area contributed by atoms with Crippen LogP contribution < -0.4 is 15.4 Å². The van der Waals surface area contributed by atoms with E-state index in [0.29, 0.717) is 38.2 Å². The van der Waals surface area contributed by atoms with Crippen molar-refractivity contribution in [2.75, 3.05) is 17.7 Å². The minimum atomic E-state index is -0.441. The number of anilines is 2. The molecular formula is C19H18N6O3S. The molecule has 4 aromatic rings. The van der Waals surface area contributed by atoms with E-state index in [9.17, 15) is 9.59 Å². The topological polar surface area (TPSA) is 111 Å². The van der Waals surface area contributed by atoms with Crippen LogP contribution in [0, 0.1) is 6.92 Å². The van der Waals surface area contributed by atoms with Crippen LogP contribution in [-0.2, 0) is 11.8 Å². The minimum absolute atomic E-state index is 0.342. The largest absolute Gasteiger partial charge is 0.426 e. The quantitative estimate of drug-likeness (QED) is 0.393. The number of ether oxygens (including phenoxy) is 1. The molecule has 0 aliphatic carbocycles. The van der Waals surface area contributed by atoms with E-state index in [1.165, 1.54) is 18.3 Å². The Balaban J connectivity index is 1.72. The van der Waals surface area contributed by atoms with E-state index >= 15 is 0 Å². The van der Waals surface area contributed by atoms with E-state index in [2.05, 4.69) is 25.6 Å². The number of carbonyl (C=O) groups is 2. The van der Waals surface area contributed by atoms with E-state index in [1.807, 2.05) is 11.6 Å². The van der Waals surface area contributed by atoms with Gasteiger partial charge in [0.05, 0.1) is 6.33 Å². The molecule has 0 bridgehead atoms. The van der Waals surface area contributed by atoms with Crippen LogP contribution in [0.2, 0.25) is 0 Å². The SMILES string of the molecule is CNc1nc2sc(NC(=O)c3cccc(OC(C)=O)c3C)nc2c2c1ncn2C. The summed E-state index contributed by atoms with van der Waals surface area (Å²) >= 11 is 1.28. The maximum atomic E-state index is 12.8.